The van der Waals surface area contributed by atoms with E-state index in [0.717, 1.165) is 63.7 Å². The fourth-order valence-corrected chi connectivity index (χ4v) is 6.10. The van der Waals surface area contributed by atoms with E-state index >= 15 is 0 Å². The minimum Gasteiger partial charge on any atom is -0.462 e. The maximum atomic E-state index is 12.6. The first-order chi connectivity index (χ1) is 23.4. The summed E-state index contributed by atoms with van der Waals surface area (Å²) >= 11 is 0. The third kappa shape index (κ3) is 35.7. The molecule has 6 heteroatoms. The highest BCUT2D eigenvalue weighted by atomic mass is 16.6. The van der Waals surface area contributed by atoms with E-state index in [0.29, 0.717) is 19.3 Å². The van der Waals surface area contributed by atoms with Gasteiger partial charge in [0.2, 0.25) is 0 Å². The van der Waals surface area contributed by atoms with E-state index in [4.69, 9.17) is 14.2 Å². The minimum absolute atomic E-state index is 0.0650. The molecule has 0 spiro atoms. The quantitative estimate of drug-likeness (QED) is 0.0369. The lowest BCUT2D eigenvalue weighted by Crippen LogP contribution is -2.30. The second-order valence-corrected chi connectivity index (χ2v) is 14.7. The SMILES string of the molecule is CCCCCCCCCCCC(=O)O[C@@H](COC(=O)CCCCCCCCC)COC(=O)CCCCCCCCCCCCCC(C)C. The van der Waals surface area contributed by atoms with Crippen LogP contribution in [0.3, 0.4) is 0 Å². The van der Waals surface area contributed by atoms with Crippen molar-refractivity contribution in [1.29, 1.82) is 0 Å². The van der Waals surface area contributed by atoms with Crippen molar-refractivity contribution in [3.8, 4) is 0 Å². The molecule has 48 heavy (non-hydrogen) atoms. The number of hydrogen-bond donors (Lipinski definition) is 0. The number of rotatable bonds is 37. The standard InChI is InChI=1S/C42H80O6/c1-5-7-9-11-13-17-23-27-31-35-42(45)48-39(36-46-40(43)33-29-25-20-12-10-8-6-2)37-47-41(44)34-30-26-22-19-16-14-15-18-21-24-28-32-38(3)4/h38-39H,5-37H2,1-4H3/t39-/m0/s1. The molecule has 0 aliphatic rings. The molecule has 284 valence electrons. The van der Waals surface area contributed by atoms with Gasteiger partial charge in [-0.15, -0.1) is 0 Å². The molecule has 0 aliphatic heterocycles. The number of esters is 3. The summed E-state index contributed by atoms with van der Waals surface area (Å²) in [5, 5.41) is 0. The molecular weight excluding hydrogens is 600 g/mol. The Bertz CT molecular complexity index is 721. The molecule has 0 bridgehead atoms. The van der Waals surface area contributed by atoms with Crippen LogP contribution in [0.1, 0.15) is 227 Å². The summed E-state index contributed by atoms with van der Waals surface area (Å²) in [6.07, 6.45) is 33.8. The normalized spacial score (nSPS) is 11.9. The van der Waals surface area contributed by atoms with Crippen molar-refractivity contribution < 1.29 is 28.6 Å². The van der Waals surface area contributed by atoms with Crippen molar-refractivity contribution in [2.75, 3.05) is 13.2 Å². The van der Waals surface area contributed by atoms with Gasteiger partial charge in [0.1, 0.15) is 13.2 Å². The molecule has 0 fully saturated rings. The van der Waals surface area contributed by atoms with Crippen LogP contribution in [0.4, 0.5) is 0 Å². The van der Waals surface area contributed by atoms with Gasteiger partial charge < -0.3 is 14.2 Å². The zero-order valence-corrected chi connectivity index (χ0v) is 32.4. The molecule has 0 N–H and O–H groups in total. The van der Waals surface area contributed by atoms with E-state index in [2.05, 4.69) is 27.7 Å². The fraction of sp³-hybridized carbons (Fsp3) is 0.929. The molecule has 0 unspecified atom stereocenters. The van der Waals surface area contributed by atoms with Gasteiger partial charge >= 0.3 is 17.9 Å². The average molecular weight is 681 g/mol. The van der Waals surface area contributed by atoms with Crippen LogP contribution in [0, 0.1) is 5.92 Å². The van der Waals surface area contributed by atoms with Crippen LogP contribution in [-0.4, -0.2) is 37.2 Å². The van der Waals surface area contributed by atoms with Gasteiger partial charge in [0.15, 0.2) is 6.10 Å². The van der Waals surface area contributed by atoms with Gasteiger partial charge in [-0.3, -0.25) is 14.4 Å². The number of ether oxygens (including phenoxy) is 3. The zero-order chi connectivity index (χ0) is 35.3. The monoisotopic (exact) mass is 681 g/mol. The predicted molar refractivity (Wildman–Crippen MR) is 201 cm³/mol. The Balaban J connectivity index is 4.26. The first-order valence-corrected chi connectivity index (χ1v) is 20.9. The fourth-order valence-electron chi connectivity index (χ4n) is 6.10. The molecule has 6 nitrogen and oxygen atoms in total. The van der Waals surface area contributed by atoms with E-state index in [1.165, 1.54) is 122 Å². The van der Waals surface area contributed by atoms with Crippen LogP contribution in [0.5, 0.6) is 0 Å². The van der Waals surface area contributed by atoms with Crippen molar-refractivity contribution >= 4 is 17.9 Å². The molecule has 0 rings (SSSR count). The minimum atomic E-state index is -0.756. The Morgan fingerprint density at radius 2 is 0.688 bits per heavy atom. The molecule has 0 aliphatic carbocycles. The highest BCUT2D eigenvalue weighted by molar-refractivity contribution is 5.71. The molecule has 0 heterocycles. The van der Waals surface area contributed by atoms with Gasteiger partial charge in [-0.2, -0.15) is 0 Å². The highest BCUT2D eigenvalue weighted by Crippen LogP contribution is 2.15. The molecule has 0 amide bonds. The van der Waals surface area contributed by atoms with Gasteiger partial charge in [0, 0.05) is 19.3 Å². The first kappa shape index (κ1) is 46.4. The van der Waals surface area contributed by atoms with Gasteiger partial charge in [-0.25, -0.2) is 0 Å². The van der Waals surface area contributed by atoms with Crippen LogP contribution >= 0.6 is 0 Å². The summed E-state index contributed by atoms with van der Waals surface area (Å²) in [5.74, 6) is -0.0418. The summed E-state index contributed by atoms with van der Waals surface area (Å²) in [6, 6.07) is 0. The van der Waals surface area contributed by atoms with Gasteiger partial charge in [0.05, 0.1) is 0 Å². The maximum absolute atomic E-state index is 12.6. The van der Waals surface area contributed by atoms with Gasteiger partial charge in [-0.1, -0.05) is 188 Å². The van der Waals surface area contributed by atoms with Crippen molar-refractivity contribution in [3.63, 3.8) is 0 Å². The molecule has 0 aromatic heterocycles. The van der Waals surface area contributed by atoms with E-state index < -0.39 is 6.10 Å². The number of carbonyl (C=O) groups is 3. The topological polar surface area (TPSA) is 78.9 Å². The molecule has 1 atom stereocenters. The number of hydrogen-bond acceptors (Lipinski definition) is 6. The second-order valence-electron chi connectivity index (χ2n) is 14.7. The van der Waals surface area contributed by atoms with Gasteiger partial charge in [-0.05, 0) is 25.2 Å². The smallest absolute Gasteiger partial charge is 0.306 e. The van der Waals surface area contributed by atoms with E-state index in [9.17, 15) is 14.4 Å². The van der Waals surface area contributed by atoms with E-state index in [-0.39, 0.29) is 31.1 Å². The highest BCUT2D eigenvalue weighted by Gasteiger charge is 2.19. The molecule has 0 radical (unpaired) electrons. The van der Waals surface area contributed by atoms with Crippen molar-refractivity contribution in [3.05, 3.63) is 0 Å². The van der Waals surface area contributed by atoms with Crippen molar-refractivity contribution in [1.82, 2.24) is 0 Å². The van der Waals surface area contributed by atoms with Gasteiger partial charge in [0.25, 0.3) is 0 Å². The molecule has 0 aromatic rings. The summed E-state index contributed by atoms with van der Waals surface area (Å²) in [7, 11) is 0. The molecule has 0 saturated heterocycles. The van der Waals surface area contributed by atoms with E-state index in [1.807, 2.05) is 0 Å². The lowest BCUT2D eigenvalue weighted by molar-refractivity contribution is -0.167. The van der Waals surface area contributed by atoms with Crippen molar-refractivity contribution in [2.24, 2.45) is 5.92 Å². The van der Waals surface area contributed by atoms with Crippen LogP contribution in [0.25, 0.3) is 0 Å². The summed E-state index contributed by atoms with van der Waals surface area (Å²) in [6.45, 7) is 8.92. The Morgan fingerprint density at radius 3 is 1.02 bits per heavy atom. The van der Waals surface area contributed by atoms with Crippen LogP contribution in [0.15, 0.2) is 0 Å². The Labute approximate surface area is 298 Å². The second kappa shape index (κ2) is 36.7. The predicted octanol–water partition coefficient (Wildman–Crippen LogP) is 12.8. The third-order valence-corrected chi connectivity index (χ3v) is 9.29. The molecule has 0 aromatic carbocycles. The molecule has 0 saturated carbocycles. The summed E-state index contributed by atoms with van der Waals surface area (Å²) in [4.78, 5) is 37.4. The third-order valence-electron chi connectivity index (χ3n) is 9.29. The average Bonchev–Trinajstić information content (AvgIpc) is 3.06. The number of carbonyl (C=O) groups excluding carboxylic acids is 3. The lowest BCUT2D eigenvalue weighted by Gasteiger charge is -2.18. The zero-order valence-electron chi connectivity index (χ0n) is 32.4. The molecular formula is C42H80O6. The Kier molecular flexibility index (Phi) is 35.5. The Morgan fingerprint density at radius 1 is 0.396 bits per heavy atom. The van der Waals surface area contributed by atoms with Crippen LogP contribution in [0.2, 0.25) is 0 Å². The summed E-state index contributed by atoms with van der Waals surface area (Å²) < 4.78 is 16.6. The Hall–Kier alpha value is -1.59. The maximum Gasteiger partial charge on any atom is 0.306 e. The van der Waals surface area contributed by atoms with E-state index in [1.54, 1.807) is 0 Å². The van der Waals surface area contributed by atoms with Crippen molar-refractivity contribution in [2.45, 2.75) is 233 Å². The summed E-state index contributed by atoms with van der Waals surface area (Å²) in [5.41, 5.74) is 0. The number of unbranched alkanes of at least 4 members (excludes halogenated alkanes) is 24. The largest absolute Gasteiger partial charge is 0.462 e. The van der Waals surface area contributed by atoms with Crippen LogP contribution < -0.4 is 0 Å². The lowest BCUT2D eigenvalue weighted by atomic mass is 10.0. The van der Waals surface area contributed by atoms with Crippen LogP contribution in [-0.2, 0) is 28.6 Å². The first-order valence-electron chi connectivity index (χ1n) is 20.9.